The Morgan fingerprint density at radius 1 is 0.776 bits per heavy atom. The van der Waals surface area contributed by atoms with Crippen LogP contribution in [0.2, 0.25) is 0 Å². The van der Waals surface area contributed by atoms with Crippen LogP contribution in [0.15, 0.2) is 85.2 Å². The van der Waals surface area contributed by atoms with Crippen LogP contribution >= 0.6 is 0 Å². The van der Waals surface area contributed by atoms with Crippen molar-refractivity contribution < 1.29 is 38.0 Å². The molecule has 2 aromatic heterocycles. The van der Waals surface area contributed by atoms with E-state index in [1.165, 1.54) is 31.4 Å². The van der Waals surface area contributed by atoms with Crippen molar-refractivity contribution in [1.82, 2.24) is 39.9 Å². The Bertz CT molecular complexity index is 3750. The lowest BCUT2D eigenvalue weighted by Crippen LogP contribution is -2.58. The topological polar surface area (TPSA) is 202 Å². The highest BCUT2D eigenvalue weighted by atomic mass is 19.1. The number of nitrogens with one attached hydrogen (secondary N) is 3. The minimum Gasteiger partial charge on any atom is -0.371 e. The fraction of sp³-hybridized carbons (Fsp3) is 0.439. The van der Waals surface area contributed by atoms with E-state index in [2.05, 4.69) is 48.8 Å². The molecule has 6 aliphatic heterocycles. The summed E-state index contributed by atoms with van der Waals surface area (Å²) in [6.07, 6.45) is 9.71. The van der Waals surface area contributed by atoms with Gasteiger partial charge in [-0.2, -0.15) is 0 Å². The van der Waals surface area contributed by atoms with Gasteiger partial charge < -0.3 is 34.8 Å². The molecule has 85 heavy (non-hydrogen) atoms. The predicted molar refractivity (Wildman–Crippen MR) is 321 cm³/mol. The van der Waals surface area contributed by atoms with E-state index in [1.807, 2.05) is 73.6 Å². The van der Waals surface area contributed by atoms with Crippen molar-refractivity contribution in [2.45, 2.75) is 147 Å². The normalized spacial score (nSPS) is 21.7. The summed E-state index contributed by atoms with van der Waals surface area (Å²) in [7, 11) is 0. The molecule has 18 nitrogen and oxygen atoms in total. The number of anilines is 4. The second-order valence-corrected chi connectivity index (χ2v) is 25.1. The standard InChI is InChI=1S/C66H72FN11O7/c1-37(2)69-60(80)47-34-51(49(67)29-39(47)5)71-59-58-52(68-36-76(58)38(3)4)35-50(70-59)42-15-16-48-55(31-42)77(45-32-44(33-45)73-23-7-6-8-24-73)65(85)66(48)21-27-75(28-22-66)62(82)43-12-9-11-41(30-43)40-19-25-74(26-20-40)53-14-10-13-46-57(53)64(84)78(63(46)83)54-17-18-56(79)72-61(54)81/h9-16,29-31,34-38,40,44-45,54H,6-8,17-28,32-33H2,1-5H3,(H,69,80)(H,70,71)(H,72,79,81)/t44-,45+,54?. The lowest BCUT2D eigenvalue weighted by molar-refractivity contribution is -0.136. The number of imide groups is 2. The van der Waals surface area contributed by atoms with E-state index in [1.54, 1.807) is 25.4 Å². The number of amides is 7. The summed E-state index contributed by atoms with van der Waals surface area (Å²) < 4.78 is 18.0. The molecule has 8 heterocycles. The largest absolute Gasteiger partial charge is 0.371 e. The molecule has 1 aliphatic carbocycles. The molecule has 1 atom stereocenters. The van der Waals surface area contributed by atoms with Crippen LogP contribution in [0, 0.1) is 12.7 Å². The maximum absolute atomic E-state index is 16.0. The Morgan fingerprint density at radius 2 is 1.53 bits per heavy atom. The average molecular weight is 1150 g/mol. The number of pyridine rings is 1. The Labute approximate surface area is 493 Å². The van der Waals surface area contributed by atoms with Gasteiger partial charge in [0.05, 0.1) is 45.5 Å². The van der Waals surface area contributed by atoms with Crippen molar-refractivity contribution in [3.63, 3.8) is 0 Å². The number of aryl methyl sites for hydroxylation is 1. The number of halogens is 1. The first-order chi connectivity index (χ1) is 41.0. The SMILES string of the molecule is Cc1cc(F)c(Nc2nc(-c3ccc4c(c3)N([C@H]3C[C@@H](N5CCCCC5)C3)C(=O)C43CCN(C(=O)c4cccc(C5CCN(c6cccc7c6C(=O)N(C6CCC(=O)NC6=O)C7=O)CC5)c4)CC3)cc3ncn(C(C)C)c23)cc1C(=O)NC(C)C. The highest BCUT2D eigenvalue weighted by Crippen LogP contribution is 2.53. The number of fused-ring (bicyclic) bond motifs is 4. The summed E-state index contributed by atoms with van der Waals surface area (Å²) in [6, 6.07) is 23.4. The van der Waals surface area contributed by atoms with Gasteiger partial charge in [0, 0.05) is 79.1 Å². The molecule has 13 rings (SSSR count). The van der Waals surface area contributed by atoms with Gasteiger partial charge in [-0.15, -0.1) is 0 Å². The molecule has 0 bridgehead atoms. The fourth-order valence-corrected chi connectivity index (χ4v) is 14.5. The summed E-state index contributed by atoms with van der Waals surface area (Å²) in [5.41, 5.74) is 7.49. The van der Waals surface area contributed by atoms with Crippen molar-refractivity contribution >= 4 is 75.3 Å². The summed E-state index contributed by atoms with van der Waals surface area (Å²) in [5, 5.41) is 8.47. The van der Waals surface area contributed by atoms with Crippen molar-refractivity contribution in [3.8, 4) is 11.3 Å². The van der Waals surface area contributed by atoms with E-state index in [0.29, 0.717) is 90.0 Å². The summed E-state index contributed by atoms with van der Waals surface area (Å²) in [6.45, 7) is 13.7. The van der Waals surface area contributed by atoms with Crippen molar-refractivity contribution in [2.75, 3.05) is 54.4 Å². The molecule has 1 unspecified atom stereocenters. The molecule has 19 heteroatoms. The average Bonchev–Trinajstić information content (AvgIpc) is 2.93. The van der Waals surface area contributed by atoms with E-state index < -0.39 is 40.9 Å². The van der Waals surface area contributed by atoms with Gasteiger partial charge in [0.15, 0.2) is 5.82 Å². The van der Waals surface area contributed by atoms with Gasteiger partial charge in [0.1, 0.15) is 17.4 Å². The van der Waals surface area contributed by atoms with Crippen molar-refractivity contribution in [1.29, 1.82) is 0 Å². The molecule has 0 radical (unpaired) electrons. The van der Waals surface area contributed by atoms with Gasteiger partial charge in [0.25, 0.3) is 23.6 Å². The number of nitrogens with zero attached hydrogens (tertiary/aromatic N) is 8. The van der Waals surface area contributed by atoms with Gasteiger partial charge in [-0.05, 0) is 177 Å². The predicted octanol–water partition coefficient (Wildman–Crippen LogP) is 9.33. The van der Waals surface area contributed by atoms with E-state index in [9.17, 15) is 28.8 Å². The summed E-state index contributed by atoms with van der Waals surface area (Å²) in [4.78, 5) is 115. The first-order valence-corrected chi connectivity index (χ1v) is 30.4. The summed E-state index contributed by atoms with van der Waals surface area (Å²) in [5.74, 6) is -2.43. The fourth-order valence-electron chi connectivity index (χ4n) is 14.5. The Kier molecular flexibility index (Phi) is 14.4. The number of hydrogen-bond donors (Lipinski definition) is 3. The van der Waals surface area contributed by atoms with Crippen LogP contribution < -0.4 is 25.8 Å². The molecule has 6 aromatic rings. The molecule has 7 aliphatic rings. The monoisotopic (exact) mass is 1150 g/mol. The second-order valence-electron chi connectivity index (χ2n) is 25.1. The van der Waals surface area contributed by atoms with Gasteiger partial charge >= 0.3 is 0 Å². The highest BCUT2D eigenvalue weighted by molar-refractivity contribution is 6.25. The Hall–Kier alpha value is -8.32. The maximum Gasteiger partial charge on any atom is 0.264 e. The number of benzene rings is 4. The van der Waals surface area contributed by atoms with Crippen LogP contribution in [0.3, 0.4) is 0 Å². The van der Waals surface area contributed by atoms with Gasteiger partial charge in [-0.25, -0.2) is 14.4 Å². The van der Waals surface area contributed by atoms with Crippen LogP contribution in [-0.4, -0.2) is 134 Å². The third-order valence-electron chi connectivity index (χ3n) is 19.2. The van der Waals surface area contributed by atoms with E-state index in [4.69, 9.17) is 9.97 Å². The molecule has 4 aromatic carbocycles. The number of hydrogen-bond acceptors (Lipinski definition) is 12. The highest BCUT2D eigenvalue weighted by Gasteiger charge is 2.56. The zero-order chi connectivity index (χ0) is 59.2. The van der Waals surface area contributed by atoms with Crippen molar-refractivity contribution in [2.24, 2.45) is 0 Å². The number of likely N-dealkylation sites (tertiary alicyclic amines) is 2. The van der Waals surface area contributed by atoms with Crippen LogP contribution in [0.4, 0.5) is 27.3 Å². The number of imidazole rings is 1. The van der Waals surface area contributed by atoms with Gasteiger partial charge in [-0.3, -0.25) is 43.8 Å². The van der Waals surface area contributed by atoms with E-state index >= 15 is 9.18 Å². The first-order valence-electron chi connectivity index (χ1n) is 30.4. The minimum atomic E-state index is -1.04. The molecule has 7 amide bonds. The van der Waals surface area contributed by atoms with E-state index in [-0.39, 0.29) is 71.4 Å². The van der Waals surface area contributed by atoms with Crippen LogP contribution in [0.1, 0.15) is 168 Å². The third-order valence-corrected chi connectivity index (χ3v) is 19.2. The van der Waals surface area contributed by atoms with Crippen LogP contribution in [0.25, 0.3) is 22.3 Å². The molecular formula is C66H72FN11O7. The number of carbonyl (C=O) groups excluding carboxylic acids is 7. The molecule has 3 N–H and O–H groups in total. The molecule has 440 valence electrons. The number of carbonyl (C=O) groups is 7. The lowest BCUT2D eigenvalue weighted by atomic mass is 9.73. The number of piperidine rings is 4. The third kappa shape index (κ3) is 9.81. The van der Waals surface area contributed by atoms with Crippen LogP contribution in [-0.2, 0) is 19.8 Å². The quantitative estimate of drug-likeness (QED) is 0.0982. The van der Waals surface area contributed by atoms with E-state index in [0.717, 1.165) is 66.1 Å². The first kappa shape index (κ1) is 55.8. The minimum absolute atomic E-state index is 0.00123. The number of aromatic nitrogens is 3. The maximum atomic E-state index is 16.0. The Balaban J connectivity index is 0.742. The van der Waals surface area contributed by atoms with Gasteiger partial charge in [-0.1, -0.05) is 36.8 Å². The van der Waals surface area contributed by atoms with Crippen molar-refractivity contribution in [3.05, 3.63) is 130 Å². The van der Waals surface area contributed by atoms with Gasteiger partial charge in [0.2, 0.25) is 17.7 Å². The van der Waals surface area contributed by atoms with Crippen LogP contribution in [0.5, 0.6) is 0 Å². The second kappa shape index (κ2) is 21.9. The Morgan fingerprint density at radius 3 is 2.26 bits per heavy atom. The zero-order valence-electron chi connectivity index (χ0n) is 48.9. The molecule has 4 saturated heterocycles. The molecule has 5 fully saturated rings. The lowest BCUT2D eigenvalue weighted by Gasteiger charge is -2.48. The summed E-state index contributed by atoms with van der Waals surface area (Å²) >= 11 is 0. The smallest absolute Gasteiger partial charge is 0.264 e. The molecule has 1 spiro atoms. The molecule has 1 saturated carbocycles. The molecular weight excluding hydrogens is 1080 g/mol. The number of rotatable bonds is 12. The zero-order valence-corrected chi connectivity index (χ0v) is 48.9.